The van der Waals surface area contributed by atoms with Crippen LogP contribution in [0.25, 0.3) is 0 Å². The lowest BCUT2D eigenvalue weighted by molar-refractivity contribution is -0.991. The van der Waals surface area contributed by atoms with Gasteiger partial charge in [0.1, 0.15) is 5.76 Å². The van der Waals surface area contributed by atoms with Crippen molar-refractivity contribution in [2.45, 2.75) is 33.6 Å². The maximum Gasteiger partial charge on any atom is 0.343 e. The van der Waals surface area contributed by atoms with Crippen LogP contribution in [0.4, 0.5) is 5.69 Å². The van der Waals surface area contributed by atoms with E-state index < -0.39 is 16.6 Å². The van der Waals surface area contributed by atoms with Gasteiger partial charge in [-0.3, -0.25) is 4.79 Å². The number of fused-ring (bicyclic) bond motifs is 2. The number of nitrogens with one attached hydrogen (secondary N) is 1. The molecule has 2 bridgehead atoms. The summed E-state index contributed by atoms with van der Waals surface area (Å²) in [4.78, 5) is 24.8. The van der Waals surface area contributed by atoms with Gasteiger partial charge in [0.2, 0.25) is 0 Å². The molecule has 128 valence electrons. The summed E-state index contributed by atoms with van der Waals surface area (Å²) in [7, 11) is 0. The van der Waals surface area contributed by atoms with Crippen LogP contribution in [-0.2, 0) is 9.53 Å². The molecule has 1 saturated carbocycles. The molecule has 0 heterocycles. The van der Waals surface area contributed by atoms with E-state index in [-0.39, 0.29) is 28.4 Å². The SMILES string of the molecule is CC12CCC(C(OC(=O)c3ccc([NH+]([O-])O)cc3)=CC1=O)C2(C)C. The third kappa shape index (κ3) is 2.38. The van der Waals surface area contributed by atoms with Crippen LogP contribution in [0.15, 0.2) is 36.1 Å². The largest absolute Gasteiger partial charge is 0.595 e. The van der Waals surface area contributed by atoms with Gasteiger partial charge in [0.25, 0.3) is 0 Å². The number of carbonyl (C=O) groups excluding carboxylic acids is 2. The first kappa shape index (κ1) is 16.8. The highest BCUT2D eigenvalue weighted by atomic mass is 16.8. The summed E-state index contributed by atoms with van der Waals surface area (Å²) in [5.41, 5.74) is -0.304. The summed E-state index contributed by atoms with van der Waals surface area (Å²) in [6.07, 6.45) is 3.06. The lowest BCUT2D eigenvalue weighted by Gasteiger charge is -2.43. The lowest BCUT2D eigenvalue weighted by Crippen LogP contribution is -2.99. The molecule has 1 aromatic rings. The van der Waals surface area contributed by atoms with Gasteiger partial charge in [-0.25, -0.2) is 10.0 Å². The first-order valence-corrected chi connectivity index (χ1v) is 7.98. The highest BCUT2D eigenvalue weighted by molar-refractivity contribution is 5.98. The van der Waals surface area contributed by atoms with Crippen LogP contribution in [0, 0.1) is 22.0 Å². The third-order valence-corrected chi connectivity index (χ3v) is 5.97. The second-order valence-corrected chi connectivity index (χ2v) is 7.33. The Morgan fingerprint density at radius 3 is 2.50 bits per heavy atom. The Hall–Kier alpha value is -2.02. The average molecular weight is 331 g/mol. The molecule has 1 aromatic carbocycles. The molecule has 6 nitrogen and oxygen atoms in total. The number of hydrogen-bond donors (Lipinski definition) is 2. The number of esters is 1. The minimum absolute atomic E-state index is 0.00488. The van der Waals surface area contributed by atoms with Gasteiger partial charge in [-0.15, -0.1) is 0 Å². The van der Waals surface area contributed by atoms with Crippen molar-refractivity contribution in [1.29, 1.82) is 0 Å². The summed E-state index contributed by atoms with van der Waals surface area (Å²) >= 11 is 0. The minimum atomic E-state index is -1.05. The first-order chi connectivity index (χ1) is 11.2. The van der Waals surface area contributed by atoms with Gasteiger partial charge in [-0.2, -0.15) is 5.23 Å². The highest BCUT2D eigenvalue weighted by Gasteiger charge is 2.59. The van der Waals surface area contributed by atoms with Crippen molar-refractivity contribution in [3.8, 4) is 0 Å². The fourth-order valence-electron chi connectivity index (χ4n) is 3.84. The topological polar surface area (TPSA) is 91.1 Å². The zero-order valence-electron chi connectivity index (χ0n) is 14.0. The molecule has 3 unspecified atom stereocenters. The molecule has 24 heavy (non-hydrogen) atoms. The zero-order chi connectivity index (χ0) is 17.7. The smallest absolute Gasteiger partial charge is 0.343 e. The molecule has 2 aliphatic carbocycles. The van der Waals surface area contributed by atoms with E-state index in [0.717, 1.165) is 12.8 Å². The van der Waals surface area contributed by atoms with Crippen molar-refractivity contribution in [3.63, 3.8) is 0 Å². The number of quaternary nitrogens is 1. The molecule has 0 radical (unpaired) electrons. The van der Waals surface area contributed by atoms with Gasteiger partial charge in [0.15, 0.2) is 11.5 Å². The second-order valence-electron chi connectivity index (χ2n) is 7.33. The van der Waals surface area contributed by atoms with Crippen molar-refractivity contribution < 1.29 is 24.8 Å². The third-order valence-electron chi connectivity index (χ3n) is 5.97. The molecule has 2 N–H and O–H groups in total. The number of ether oxygens (including phenoxy) is 1. The minimum Gasteiger partial charge on any atom is -0.595 e. The van der Waals surface area contributed by atoms with Crippen LogP contribution in [-0.4, -0.2) is 17.0 Å². The number of benzene rings is 1. The van der Waals surface area contributed by atoms with Crippen LogP contribution in [0.5, 0.6) is 0 Å². The van der Waals surface area contributed by atoms with E-state index in [0.29, 0.717) is 5.76 Å². The van der Waals surface area contributed by atoms with Gasteiger partial charge >= 0.3 is 5.97 Å². The highest BCUT2D eigenvalue weighted by Crippen LogP contribution is 2.61. The van der Waals surface area contributed by atoms with Crippen LogP contribution in [0.2, 0.25) is 0 Å². The van der Waals surface area contributed by atoms with E-state index >= 15 is 0 Å². The molecule has 0 aliphatic heterocycles. The Kier molecular flexibility index (Phi) is 3.86. The number of carbonyl (C=O) groups is 2. The quantitative estimate of drug-likeness (QED) is 0.654. The normalized spacial score (nSPS) is 29.1. The fraction of sp³-hybridized carbons (Fsp3) is 0.444. The average Bonchev–Trinajstić information content (AvgIpc) is 2.68. The lowest BCUT2D eigenvalue weighted by atomic mass is 9.60. The number of ketones is 1. The fourth-order valence-corrected chi connectivity index (χ4v) is 3.84. The second kappa shape index (κ2) is 5.51. The zero-order valence-corrected chi connectivity index (χ0v) is 14.0. The Morgan fingerprint density at radius 1 is 1.29 bits per heavy atom. The van der Waals surface area contributed by atoms with Crippen molar-refractivity contribution >= 4 is 17.4 Å². The Morgan fingerprint density at radius 2 is 1.92 bits per heavy atom. The van der Waals surface area contributed by atoms with Crippen molar-refractivity contribution in [1.82, 2.24) is 0 Å². The molecular weight excluding hydrogens is 310 g/mol. The van der Waals surface area contributed by atoms with Gasteiger partial charge < -0.3 is 9.94 Å². The molecule has 6 heteroatoms. The number of rotatable bonds is 3. The molecule has 3 rings (SSSR count). The molecule has 0 saturated heterocycles. The van der Waals surface area contributed by atoms with Gasteiger partial charge in [0, 0.05) is 29.5 Å². The van der Waals surface area contributed by atoms with Crippen LogP contribution < -0.4 is 5.23 Å². The molecule has 1 fully saturated rings. The summed E-state index contributed by atoms with van der Waals surface area (Å²) in [6.45, 7) is 6.07. The molecule has 0 amide bonds. The number of hydrogen-bond acceptors (Lipinski definition) is 5. The standard InChI is InChI=1S/C18H21NO5/c1-17(2)13-8-9-18(17,3)15(20)10-14(13)24-16(21)11-4-6-12(7-5-11)19(22)23/h4-7,10,13,19,22H,8-9H2,1-3H3. The predicted octanol–water partition coefficient (Wildman–Crippen LogP) is 2.16. The van der Waals surface area contributed by atoms with Crippen LogP contribution >= 0.6 is 0 Å². The van der Waals surface area contributed by atoms with E-state index in [1.54, 1.807) is 0 Å². The van der Waals surface area contributed by atoms with E-state index in [4.69, 9.17) is 9.94 Å². The van der Waals surface area contributed by atoms with Crippen LogP contribution in [0.1, 0.15) is 44.0 Å². The van der Waals surface area contributed by atoms with E-state index in [1.165, 1.54) is 30.3 Å². The predicted molar refractivity (Wildman–Crippen MR) is 85.3 cm³/mol. The van der Waals surface area contributed by atoms with Crippen molar-refractivity contribution in [2.75, 3.05) is 0 Å². The van der Waals surface area contributed by atoms with Crippen molar-refractivity contribution in [3.05, 3.63) is 46.9 Å². The molecule has 3 atom stereocenters. The molecule has 2 aliphatic rings. The Balaban J connectivity index is 1.82. The summed E-state index contributed by atoms with van der Waals surface area (Å²) in [5, 5.41) is 18.7. The van der Waals surface area contributed by atoms with Gasteiger partial charge in [-0.1, -0.05) is 20.8 Å². The van der Waals surface area contributed by atoms with E-state index in [2.05, 4.69) is 0 Å². The van der Waals surface area contributed by atoms with Crippen molar-refractivity contribution in [2.24, 2.45) is 16.7 Å². The molecular formula is C18H21NO5. The Bertz CT molecular complexity index is 719. The van der Waals surface area contributed by atoms with Crippen LogP contribution in [0.3, 0.4) is 0 Å². The molecule has 0 aromatic heterocycles. The maximum atomic E-state index is 12.5. The monoisotopic (exact) mass is 331 g/mol. The molecule has 0 spiro atoms. The summed E-state index contributed by atoms with van der Waals surface area (Å²) in [5.74, 6) is -0.114. The van der Waals surface area contributed by atoms with E-state index in [9.17, 15) is 14.8 Å². The van der Waals surface area contributed by atoms with Gasteiger partial charge in [0.05, 0.1) is 5.56 Å². The van der Waals surface area contributed by atoms with E-state index in [1.807, 2.05) is 20.8 Å². The first-order valence-electron chi connectivity index (χ1n) is 7.98. The van der Waals surface area contributed by atoms with Gasteiger partial charge in [-0.05, 0) is 30.4 Å². The summed E-state index contributed by atoms with van der Waals surface area (Å²) < 4.78 is 5.51. The number of allylic oxidation sites excluding steroid dienone is 2. The Labute approximate surface area is 140 Å². The summed E-state index contributed by atoms with van der Waals surface area (Å²) in [6, 6.07) is 5.55. The maximum absolute atomic E-state index is 12.5.